The maximum absolute atomic E-state index is 12.3. The fourth-order valence-corrected chi connectivity index (χ4v) is 3.67. The third-order valence-corrected chi connectivity index (χ3v) is 4.49. The smallest absolute Gasteiger partial charge is 0.144 e. The van der Waals surface area contributed by atoms with Crippen molar-refractivity contribution in [1.29, 1.82) is 0 Å². The van der Waals surface area contributed by atoms with Gasteiger partial charge in [0.15, 0.2) is 0 Å². The fourth-order valence-electron chi connectivity index (χ4n) is 3.67. The van der Waals surface area contributed by atoms with Gasteiger partial charge in [-0.25, -0.2) is 0 Å². The number of ketones is 1. The lowest BCUT2D eigenvalue weighted by Crippen LogP contribution is -2.50. The molecule has 2 nitrogen and oxygen atoms in total. The number of carbonyl (C=O) groups excluding carboxylic acids is 1. The maximum Gasteiger partial charge on any atom is 0.144 e. The fraction of sp³-hybridized carbons (Fsp3) is 0.923. The van der Waals surface area contributed by atoms with Gasteiger partial charge in [-0.3, -0.25) is 4.79 Å². The first-order chi connectivity index (χ1) is 7.36. The van der Waals surface area contributed by atoms with E-state index in [1.54, 1.807) is 0 Å². The standard InChI is InChI=1S/C13H20O2/c14-13-9-5-1-3-7-11(9)15-12-8-4-2-6-10(12)13/h9-12H,1-8H2. The van der Waals surface area contributed by atoms with Crippen molar-refractivity contribution in [2.75, 3.05) is 0 Å². The molecule has 0 amide bonds. The van der Waals surface area contributed by atoms with Crippen LogP contribution in [0.4, 0.5) is 0 Å². The molecule has 0 aromatic rings. The molecular weight excluding hydrogens is 188 g/mol. The molecule has 0 radical (unpaired) electrons. The molecule has 3 fully saturated rings. The first-order valence-electron chi connectivity index (χ1n) is 6.55. The van der Waals surface area contributed by atoms with E-state index in [1.165, 1.54) is 25.7 Å². The number of hydrogen-bond donors (Lipinski definition) is 0. The normalized spacial score (nSPS) is 45.7. The van der Waals surface area contributed by atoms with E-state index in [0.717, 1.165) is 25.7 Å². The Bertz CT molecular complexity index is 237. The Morgan fingerprint density at radius 2 is 1.27 bits per heavy atom. The number of fused-ring (bicyclic) bond motifs is 2. The molecule has 84 valence electrons. The van der Waals surface area contributed by atoms with Crippen molar-refractivity contribution >= 4 is 5.78 Å². The van der Waals surface area contributed by atoms with E-state index in [-0.39, 0.29) is 24.0 Å². The van der Waals surface area contributed by atoms with E-state index in [0.29, 0.717) is 5.78 Å². The quantitative estimate of drug-likeness (QED) is 0.612. The monoisotopic (exact) mass is 208 g/mol. The van der Waals surface area contributed by atoms with Crippen LogP contribution in [0.15, 0.2) is 0 Å². The Morgan fingerprint density at radius 1 is 0.800 bits per heavy atom. The van der Waals surface area contributed by atoms with Crippen molar-refractivity contribution in [3.8, 4) is 0 Å². The lowest BCUT2D eigenvalue weighted by molar-refractivity contribution is -0.168. The van der Waals surface area contributed by atoms with Crippen LogP contribution in [0.3, 0.4) is 0 Å². The largest absolute Gasteiger partial charge is 0.373 e. The first-order valence-corrected chi connectivity index (χ1v) is 6.55. The number of carbonyl (C=O) groups is 1. The first kappa shape index (κ1) is 9.83. The summed E-state index contributed by atoms with van der Waals surface area (Å²) in [6, 6.07) is 0. The summed E-state index contributed by atoms with van der Waals surface area (Å²) < 4.78 is 6.14. The van der Waals surface area contributed by atoms with Gasteiger partial charge in [0, 0.05) is 11.8 Å². The van der Waals surface area contributed by atoms with Crippen LogP contribution in [-0.2, 0) is 9.53 Å². The Morgan fingerprint density at radius 3 is 1.80 bits per heavy atom. The van der Waals surface area contributed by atoms with E-state index in [2.05, 4.69) is 0 Å². The zero-order valence-corrected chi connectivity index (χ0v) is 9.28. The van der Waals surface area contributed by atoms with Crippen LogP contribution in [0.1, 0.15) is 51.4 Å². The minimum Gasteiger partial charge on any atom is -0.373 e. The SMILES string of the molecule is O=C1C2CCCCC2OC2CCCCC12. The van der Waals surface area contributed by atoms with Crippen molar-refractivity contribution in [3.05, 3.63) is 0 Å². The van der Waals surface area contributed by atoms with Crippen LogP contribution in [0.2, 0.25) is 0 Å². The Balaban J connectivity index is 1.79. The van der Waals surface area contributed by atoms with Crippen LogP contribution in [0.5, 0.6) is 0 Å². The lowest BCUT2D eigenvalue weighted by Gasteiger charge is -2.44. The highest BCUT2D eigenvalue weighted by Gasteiger charge is 2.45. The highest BCUT2D eigenvalue weighted by molar-refractivity contribution is 5.85. The summed E-state index contributed by atoms with van der Waals surface area (Å²) in [6.45, 7) is 0. The third kappa shape index (κ3) is 1.63. The van der Waals surface area contributed by atoms with Gasteiger partial charge in [-0.15, -0.1) is 0 Å². The number of ether oxygens (including phenoxy) is 1. The van der Waals surface area contributed by atoms with Gasteiger partial charge in [0.05, 0.1) is 12.2 Å². The Hall–Kier alpha value is -0.370. The van der Waals surface area contributed by atoms with Crippen LogP contribution < -0.4 is 0 Å². The summed E-state index contributed by atoms with van der Waals surface area (Å²) in [7, 11) is 0. The van der Waals surface area contributed by atoms with Crippen LogP contribution in [0.25, 0.3) is 0 Å². The molecule has 0 aromatic carbocycles. The molecule has 3 rings (SSSR count). The van der Waals surface area contributed by atoms with Gasteiger partial charge < -0.3 is 4.74 Å². The molecule has 0 N–H and O–H groups in total. The van der Waals surface area contributed by atoms with Crippen molar-refractivity contribution in [2.24, 2.45) is 11.8 Å². The predicted octanol–water partition coefficient (Wildman–Crippen LogP) is 2.70. The molecule has 2 saturated carbocycles. The molecule has 3 aliphatic rings. The second-order valence-electron chi connectivity index (χ2n) is 5.40. The summed E-state index contributed by atoms with van der Waals surface area (Å²) in [5, 5.41) is 0. The topological polar surface area (TPSA) is 26.3 Å². The minimum atomic E-state index is 0.262. The van der Waals surface area contributed by atoms with E-state index >= 15 is 0 Å². The van der Waals surface area contributed by atoms with Gasteiger partial charge in [0.1, 0.15) is 5.78 Å². The highest BCUT2D eigenvalue weighted by atomic mass is 16.5. The van der Waals surface area contributed by atoms with E-state index in [4.69, 9.17) is 4.74 Å². The number of Topliss-reactive ketones (excluding diaryl/α,β-unsaturated/α-hetero) is 1. The molecule has 1 heterocycles. The second kappa shape index (κ2) is 3.89. The van der Waals surface area contributed by atoms with Gasteiger partial charge in [-0.1, -0.05) is 25.7 Å². The van der Waals surface area contributed by atoms with Crippen LogP contribution in [0, 0.1) is 11.8 Å². The number of hydrogen-bond acceptors (Lipinski definition) is 2. The Labute approximate surface area is 91.4 Å². The van der Waals surface area contributed by atoms with Gasteiger partial charge in [0.25, 0.3) is 0 Å². The molecule has 4 unspecified atom stereocenters. The van der Waals surface area contributed by atoms with E-state index < -0.39 is 0 Å². The predicted molar refractivity (Wildman–Crippen MR) is 57.6 cm³/mol. The second-order valence-corrected chi connectivity index (χ2v) is 5.40. The third-order valence-electron chi connectivity index (χ3n) is 4.49. The lowest BCUT2D eigenvalue weighted by atomic mass is 9.71. The number of rotatable bonds is 0. The van der Waals surface area contributed by atoms with E-state index in [9.17, 15) is 4.79 Å². The summed E-state index contributed by atoms with van der Waals surface area (Å²) in [4.78, 5) is 12.3. The van der Waals surface area contributed by atoms with Crippen molar-refractivity contribution in [3.63, 3.8) is 0 Å². The molecule has 15 heavy (non-hydrogen) atoms. The average molecular weight is 208 g/mol. The van der Waals surface area contributed by atoms with Crippen LogP contribution in [-0.4, -0.2) is 18.0 Å². The zero-order valence-electron chi connectivity index (χ0n) is 9.28. The summed E-state index contributed by atoms with van der Waals surface area (Å²) in [5.41, 5.74) is 0. The highest BCUT2D eigenvalue weighted by Crippen LogP contribution is 2.41. The van der Waals surface area contributed by atoms with Gasteiger partial charge in [-0.05, 0) is 25.7 Å². The molecule has 0 spiro atoms. The molecule has 2 aliphatic carbocycles. The van der Waals surface area contributed by atoms with Crippen LogP contribution >= 0.6 is 0 Å². The van der Waals surface area contributed by atoms with E-state index in [1.807, 2.05) is 0 Å². The van der Waals surface area contributed by atoms with Crippen molar-refractivity contribution in [2.45, 2.75) is 63.6 Å². The van der Waals surface area contributed by atoms with Crippen molar-refractivity contribution < 1.29 is 9.53 Å². The van der Waals surface area contributed by atoms with Gasteiger partial charge >= 0.3 is 0 Å². The maximum atomic E-state index is 12.3. The Kier molecular flexibility index (Phi) is 2.55. The zero-order chi connectivity index (χ0) is 10.3. The summed E-state index contributed by atoms with van der Waals surface area (Å²) in [5.74, 6) is 1.08. The molecule has 2 heteroatoms. The summed E-state index contributed by atoms with van der Waals surface area (Å²) >= 11 is 0. The summed E-state index contributed by atoms with van der Waals surface area (Å²) in [6.07, 6.45) is 9.97. The average Bonchev–Trinajstić information content (AvgIpc) is 2.30. The minimum absolute atomic E-state index is 0.262. The molecular formula is C13H20O2. The van der Waals surface area contributed by atoms with Gasteiger partial charge in [0.2, 0.25) is 0 Å². The molecule has 1 aliphatic heterocycles. The van der Waals surface area contributed by atoms with Crippen molar-refractivity contribution in [1.82, 2.24) is 0 Å². The molecule has 1 saturated heterocycles. The molecule has 0 aromatic heterocycles. The molecule has 4 atom stereocenters. The molecule has 0 bridgehead atoms. The van der Waals surface area contributed by atoms with Gasteiger partial charge in [-0.2, -0.15) is 0 Å².